The normalized spacial score (nSPS) is 21.3. The molecule has 1 saturated carbocycles. The van der Waals surface area contributed by atoms with Crippen LogP contribution in [-0.2, 0) is 27.2 Å². The molecule has 1 saturated heterocycles. The predicted molar refractivity (Wildman–Crippen MR) is 182 cm³/mol. The molecule has 0 spiro atoms. The Bertz CT molecular complexity index is 1570. The highest BCUT2D eigenvalue weighted by molar-refractivity contribution is 7.23. The first-order valence-corrected chi connectivity index (χ1v) is 17.9. The Morgan fingerprint density at radius 2 is 1.59 bits per heavy atom. The molecule has 12 heteroatoms. The van der Waals surface area contributed by atoms with Gasteiger partial charge in [0.15, 0.2) is 0 Å². The van der Waals surface area contributed by atoms with Crippen molar-refractivity contribution in [3.05, 3.63) is 34.7 Å². The molecule has 4 heterocycles. The molecule has 1 unspecified atom stereocenters. The lowest BCUT2D eigenvalue weighted by Gasteiger charge is -2.30. The fourth-order valence-corrected chi connectivity index (χ4v) is 9.09. The van der Waals surface area contributed by atoms with Gasteiger partial charge in [0.05, 0.1) is 16.8 Å². The van der Waals surface area contributed by atoms with Crippen LogP contribution in [0.2, 0.25) is 0 Å². The van der Waals surface area contributed by atoms with Crippen molar-refractivity contribution in [2.75, 3.05) is 31.5 Å². The summed E-state index contributed by atoms with van der Waals surface area (Å²) in [4.78, 5) is 48.3. The molecule has 0 radical (unpaired) electrons. The summed E-state index contributed by atoms with van der Waals surface area (Å²) in [5.41, 5.74) is 2.01. The van der Waals surface area contributed by atoms with Crippen LogP contribution in [0.5, 0.6) is 0 Å². The topological polar surface area (TPSA) is 113 Å². The SMILES string of the molecule is CC(C)(C)OC(=O)N1CCc2c(sc(NC(=O)CCNC3C[C@@H]4CN(C(=O)OC(C)(C)C)C[C@@H]4C3)c2-c2nc3ccccc3s2)C1. The Hall–Kier alpha value is -3.22. The number of hydrogen-bond acceptors (Lipinski definition) is 9. The highest BCUT2D eigenvalue weighted by atomic mass is 32.1. The standard InChI is InChI=1S/C34H45N5O5S2/c1-33(2,3)43-31(41)38-14-12-23-26(19-38)46-30(28(23)29-36-24-9-7-8-10-25(24)45-29)37-27(40)11-13-35-22-15-20-17-39(18-21(20)16-22)32(42)44-34(4,5)6/h7-10,20-22,35H,11-19H2,1-6H3,(H,37,40)/t20-,21+,22?. The van der Waals surface area contributed by atoms with Crippen molar-refractivity contribution in [2.45, 2.75) is 91.0 Å². The molecule has 1 aliphatic carbocycles. The van der Waals surface area contributed by atoms with Crippen molar-refractivity contribution in [1.82, 2.24) is 20.1 Å². The zero-order valence-corrected chi connectivity index (χ0v) is 29.2. The molecule has 3 aliphatic rings. The van der Waals surface area contributed by atoms with E-state index in [1.54, 1.807) is 16.2 Å². The van der Waals surface area contributed by atoms with E-state index >= 15 is 0 Å². The lowest BCUT2D eigenvalue weighted by molar-refractivity contribution is -0.116. The van der Waals surface area contributed by atoms with Crippen LogP contribution in [0.1, 0.15) is 71.2 Å². The van der Waals surface area contributed by atoms with Gasteiger partial charge in [-0.05, 0) is 90.3 Å². The number of carbonyl (C=O) groups is 3. The number of nitrogens with zero attached hydrogens (tertiary/aromatic N) is 3. The van der Waals surface area contributed by atoms with Gasteiger partial charge in [0, 0.05) is 49.1 Å². The van der Waals surface area contributed by atoms with Gasteiger partial charge in [-0.3, -0.25) is 4.79 Å². The summed E-state index contributed by atoms with van der Waals surface area (Å²) < 4.78 is 12.3. The highest BCUT2D eigenvalue weighted by Crippen LogP contribution is 2.46. The second kappa shape index (κ2) is 12.8. The van der Waals surface area contributed by atoms with Gasteiger partial charge in [-0.25, -0.2) is 14.6 Å². The third-order valence-corrected chi connectivity index (χ3v) is 10.8. The quantitative estimate of drug-likeness (QED) is 0.295. The number of rotatable bonds is 6. The summed E-state index contributed by atoms with van der Waals surface area (Å²) in [6, 6.07) is 8.41. The summed E-state index contributed by atoms with van der Waals surface area (Å²) in [6.45, 7) is 14.4. The van der Waals surface area contributed by atoms with Gasteiger partial charge in [0.1, 0.15) is 21.2 Å². The van der Waals surface area contributed by atoms with Gasteiger partial charge in [0.25, 0.3) is 0 Å². The number of ether oxygens (including phenoxy) is 2. The summed E-state index contributed by atoms with van der Waals surface area (Å²) >= 11 is 3.16. The van der Waals surface area contributed by atoms with Crippen LogP contribution in [0.3, 0.4) is 0 Å². The lowest BCUT2D eigenvalue weighted by Crippen LogP contribution is -2.39. The van der Waals surface area contributed by atoms with Crippen molar-refractivity contribution < 1.29 is 23.9 Å². The third kappa shape index (κ3) is 7.50. The van der Waals surface area contributed by atoms with Gasteiger partial charge in [-0.2, -0.15) is 0 Å². The predicted octanol–water partition coefficient (Wildman–Crippen LogP) is 6.88. The van der Waals surface area contributed by atoms with Crippen molar-refractivity contribution in [3.63, 3.8) is 0 Å². The molecule has 3 aromatic rings. The second-order valence-corrected chi connectivity index (χ2v) is 16.8. The van der Waals surface area contributed by atoms with E-state index < -0.39 is 11.2 Å². The van der Waals surface area contributed by atoms with Crippen molar-refractivity contribution in [2.24, 2.45) is 11.8 Å². The molecule has 248 valence electrons. The van der Waals surface area contributed by atoms with Crippen molar-refractivity contribution in [3.8, 4) is 10.6 Å². The number of nitrogens with one attached hydrogen (secondary N) is 2. The molecule has 3 amide bonds. The lowest BCUT2D eigenvalue weighted by atomic mass is 10.0. The van der Waals surface area contributed by atoms with Gasteiger partial charge in [-0.15, -0.1) is 22.7 Å². The number of benzene rings is 1. The van der Waals surface area contributed by atoms with Gasteiger partial charge in [-0.1, -0.05) is 12.1 Å². The van der Waals surface area contributed by atoms with E-state index in [1.165, 1.54) is 11.3 Å². The van der Waals surface area contributed by atoms with Crippen LogP contribution in [0.4, 0.5) is 14.6 Å². The smallest absolute Gasteiger partial charge is 0.410 e. The fourth-order valence-electron chi connectivity index (χ4n) is 6.70. The van der Waals surface area contributed by atoms with E-state index in [1.807, 2.05) is 64.6 Å². The van der Waals surface area contributed by atoms with Gasteiger partial charge < -0.3 is 29.9 Å². The highest BCUT2D eigenvalue weighted by Gasteiger charge is 2.43. The van der Waals surface area contributed by atoms with E-state index in [0.717, 1.165) is 62.2 Å². The molecule has 2 fully saturated rings. The number of thiophene rings is 1. The van der Waals surface area contributed by atoms with Crippen molar-refractivity contribution >= 4 is 56.0 Å². The van der Waals surface area contributed by atoms with E-state index in [4.69, 9.17) is 14.5 Å². The Labute approximate surface area is 278 Å². The number of amides is 3. The number of carbonyl (C=O) groups excluding carboxylic acids is 3. The molecular formula is C34H45N5O5S2. The Kier molecular flexibility index (Phi) is 9.08. The molecule has 0 bridgehead atoms. The largest absolute Gasteiger partial charge is 0.444 e. The molecular weight excluding hydrogens is 623 g/mol. The zero-order chi connectivity index (χ0) is 32.8. The first-order chi connectivity index (χ1) is 21.7. The molecule has 1 aromatic carbocycles. The number of hydrogen-bond donors (Lipinski definition) is 2. The minimum Gasteiger partial charge on any atom is -0.444 e. The molecule has 2 aliphatic heterocycles. The van der Waals surface area contributed by atoms with E-state index in [2.05, 4.69) is 16.7 Å². The fraction of sp³-hybridized carbons (Fsp3) is 0.588. The molecule has 10 nitrogen and oxygen atoms in total. The Morgan fingerprint density at radius 1 is 0.935 bits per heavy atom. The maximum Gasteiger partial charge on any atom is 0.410 e. The number of anilines is 1. The van der Waals surface area contributed by atoms with Crippen LogP contribution >= 0.6 is 22.7 Å². The summed E-state index contributed by atoms with van der Waals surface area (Å²) in [7, 11) is 0. The van der Waals surface area contributed by atoms with E-state index in [-0.39, 0.29) is 18.1 Å². The summed E-state index contributed by atoms with van der Waals surface area (Å²) in [6.07, 6.45) is 2.47. The maximum absolute atomic E-state index is 13.3. The molecule has 6 rings (SSSR count). The first kappa shape index (κ1) is 32.7. The zero-order valence-electron chi connectivity index (χ0n) is 27.6. The van der Waals surface area contributed by atoms with E-state index in [0.29, 0.717) is 50.4 Å². The molecule has 2 N–H and O–H groups in total. The first-order valence-electron chi connectivity index (χ1n) is 16.2. The van der Waals surface area contributed by atoms with E-state index in [9.17, 15) is 14.4 Å². The number of fused-ring (bicyclic) bond motifs is 3. The number of para-hydroxylation sites is 1. The average Bonchev–Trinajstić information content (AvgIpc) is 3.71. The number of thiazole rings is 1. The maximum atomic E-state index is 13.3. The number of likely N-dealkylation sites (tertiary alicyclic amines) is 1. The third-order valence-electron chi connectivity index (χ3n) is 8.66. The van der Waals surface area contributed by atoms with Crippen LogP contribution in [-0.4, -0.2) is 76.3 Å². The van der Waals surface area contributed by atoms with Crippen LogP contribution in [0, 0.1) is 11.8 Å². The average molecular weight is 668 g/mol. The van der Waals surface area contributed by atoms with Crippen LogP contribution in [0.15, 0.2) is 24.3 Å². The summed E-state index contributed by atoms with van der Waals surface area (Å²) in [5, 5.41) is 8.48. The molecule has 46 heavy (non-hydrogen) atoms. The minimum absolute atomic E-state index is 0.0493. The van der Waals surface area contributed by atoms with Crippen LogP contribution < -0.4 is 10.6 Å². The molecule has 3 atom stereocenters. The molecule has 2 aromatic heterocycles. The summed E-state index contributed by atoms with van der Waals surface area (Å²) in [5.74, 6) is 0.882. The van der Waals surface area contributed by atoms with Gasteiger partial charge in [0.2, 0.25) is 5.91 Å². The Morgan fingerprint density at radius 3 is 2.24 bits per heavy atom. The van der Waals surface area contributed by atoms with Gasteiger partial charge >= 0.3 is 12.2 Å². The van der Waals surface area contributed by atoms with Crippen LogP contribution in [0.25, 0.3) is 20.8 Å². The number of aromatic nitrogens is 1. The minimum atomic E-state index is -0.566. The van der Waals surface area contributed by atoms with Crippen molar-refractivity contribution in [1.29, 1.82) is 0 Å². The second-order valence-electron chi connectivity index (χ2n) is 14.7. The Balaban J connectivity index is 1.08. The monoisotopic (exact) mass is 667 g/mol.